The highest BCUT2D eigenvalue weighted by Gasteiger charge is 2.48. The van der Waals surface area contributed by atoms with Crippen LogP contribution < -0.4 is 10.2 Å². The number of hydrogen-bond donors (Lipinski definition) is 2. The Morgan fingerprint density at radius 2 is 1.86 bits per heavy atom. The minimum absolute atomic E-state index is 0.170. The van der Waals surface area contributed by atoms with Gasteiger partial charge in [0.25, 0.3) is 5.91 Å². The van der Waals surface area contributed by atoms with Crippen LogP contribution in [0.4, 0.5) is 20.3 Å². The fraction of sp³-hybridized carbons (Fsp3) is 0.423. The first-order chi connectivity index (χ1) is 16.2. The molecule has 2 aromatic carbocycles. The van der Waals surface area contributed by atoms with Gasteiger partial charge in [-0.05, 0) is 58.4 Å². The van der Waals surface area contributed by atoms with Crippen LogP contribution in [-0.4, -0.2) is 41.0 Å². The molecule has 3 aromatic rings. The second kappa shape index (κ2) is 8.20. The Balaban J connectivity index is 1.76. The van der Waals surface area contributed by atoms with Crippen LogP contribution in [0.3, 0.4) is 0 Å². The predicted molar refractivity (Wildman–Crippen MR) is 131 cm³/mol. The van der Waals surface area contributed by atoms with Crippen LogP contribution in [0.2, 0.25) is 0 Å². The van der Waals surface area contributed by atoms with Crippen molar-refractivity contribution in [3.8, 4) is 0 Å². The van der Waals surface area contributed by atoms with Crippen molar-refractivity contribution in [2.75, 3.05) is 24.4 Å². The van der Waals surface area contributed by atoms with Gasteiger partial charge in [0.15, 0.2) is 11.4 Å². The third-order valence-electron chi connectivity index (χ3n) is 6.95. The number of fused-ring (bicyclic) bond motifs is 2. The maximum atomic E-state index is 14.7. The maximum absolute atomic E-state index is 14.7. The Labute approximate surface area is 203 Å². The molecule has 2 N–H and O–H groups in total. The lowest BCUT2D eigenvalue weighted by Gasteiger charge is -2.30. The molecule has 1 aliphatic heterocycles. The predicted octanol–water partition coefficient (Wildman–Crippen LogP) is 4.81. The normalized spacial score (nSPS) is 19.3. The van der Waals surface area contributed by atoms with Crippen LogP contribution in [0, 0.1) is 6.92 Å². The van der Waals surface area contributed by atoms with Gasteiger partial charge in [-0.15, -0.1) is 5.10 Å². The smallest absolute Gasteiger partial charge is 0.300 e. The van der Waals surface area contributed by atoms with Crippen LogP contribution >= 0.6 is 0 Å². The second-order valence-electron chi connectivity index (χ2n) is 9.78. The lowest BCUT2D eigenvalue weighted by Crippen LogP contribution is -2.40. The lowest BCUT2D eigenvalue weighted by atomic mass is 9.91. The molecule has 0 aliphatic carbocycles. The summed E-state index contributed by atoms with van der Waals surface area (Å²) in [6.07, 6.45) is 0. The molecule has 35 heavy (non-hydrogen) atoms. The zero-order valence-corrected chi connectivity index (χ0v) is 20.9. The average Bonchev–Trinajstić information content (AvgIpc) is 3.00. The molecule has 0 saturated heterocycles. The van der Waals surface area contributed by atoms with Gasteiger partial charge in [0.1, 0.15) is 5.60 Å². The molecule has 0 spiro atoms. The molecular formula is C26H30F2N4O3. The third kappa shape index (κ3) is 3.83. The minimum Gasteiger partial charge on any atom is -0.384 e. The van der Waals surface area contributed by atoms with Crippen molar-refractivity contribution in [1.82, 2.24) is 10.2 Å². The first-order valence-corrected chi connectivity index (χ1v) is 11.3. The van der Waals surface area contributed by atoms with Crippen molar-refractivity contribution in [3.05, 3.63) is 58.8 Å². The Morgan fingerprint density at radius 3 is 2.49 bits per heavy atom. The summed E-state index contributed by atoms with van der Waals surface area (Å²) in [7, 11) is 3.20. The zero-order chi connectivity index (χ0) is 25.9. The summed E-state index contributed by atoms with van der Waals surface area (Å²) in [5.74, 6) is -3.13. The molecule has 0 saturated carbocycles. The van der Waals surface area contributed by atoms with E-state index in [1.807, 2.05) is 26.0 Å². The zero-order valence-electron chi connectivity index (χ0n) is 20.9. The fourth-order valence-corrected chi connectivity index (χ4v) is 4.47. The van der Waals surface area contributed by atoms with Crippen LogP contribution in [0.5, 0.6) is 0 Å². The molecule has 0 fully saturated rings. The van der Waals surface area contributed by atoms with E-state index in [-0.39, 0.29) is 11.5 Å². The number of alkyl halides is 2. The van der Waals surface area contributed by atoms with Crippen LogP contribution in [-0.2, 0) is 21.1 Å². The number of methoxy groups -OCH3 is 1. The van der Waals surface area contributed by atoms with Crippen LogP contribution in [0.1, 0.15) is 56.1 Å². The van der Waals surface area contributed by atoms with Crippen molar-refractivity contribution in [2.24, 2.45) is 0 Å². The number of hydrogen-bond acceptors (Lipinski definition) is 6. The van der Waals surface area contributed by atoms with E-state index in [4.69, 9.17) is 4.74 Å². The molecule has 186 valence electrons. The number of aryl methyl sites for hydroxylation is 1. The first kappa shape index (κ1) is 24.9. The van der Waals surface area contributed by atoms with Crippen molar-refractivity contribution >= 4 is 28.2 Å². The number of amides is 1. The second-order valence-corrected chi connectivity index (χ2v) is 9.78. The number of ether oxygens (including phenoxy) is 1. The van der Waals surface area contributed by atoms with Gasteiger partial charge in [-0.2, -0.15) is 13.9 Å². The van der Waals surface area contributed by atoms with Gasteiger partial charge in [0, 0.05) is 36.1 Å². The quantitative estimate of drug-likeness (QED) is 0.522. The molecule has 0 bridgehead atoms. The number of likely N-dealkylation sites (N-methyl/N-ethyl adjacent to an activating group) is 1. The van der Waals surface area contributed by atoms with Gasteiger partial charge in [-0.3, -0.25) is 4.79 Å². The van der Waals surface area contributed by atoms with E-state index in [0.29, 0.717) is 22.8 Å². The Hall–Kier alpha value is -3.17. The molecular weight excluding hydrogens is 454 g/mol. The maximum Gasteiger partial charge on any atom is 0.300 e. The Kier molecular flexibility index (Phi) is 5.84. The number of carbonyl (C=O) groups is 1. The monoisotopic (exact) mass is 484 g/mol. The summed E-state index contributed by atoms with van der Waals surface area (Å²) in [6.45, 7) is 7.58. The topological polar surface area (TPSA) is 87.6 Å². The highest BCUT2D eigenvalue weighted by atomic mass is 19.3. The molecule has 4 rings (SSSR count). The first-order valence-electron chi connectivity index (χ1n) is 11.3. The fourth-order valence-electron chi connectivity index (χ4n) is 4.47. The largest absolute Gasteiger partial charge is 0.384 e. The van der Waals surface area contributed by atoms with Crippen molar-refractivity contribution in [3.63, 3.8) is 0 Å². The molecule has 9 heteroatoms. The minimum atomic E-state index is -3.43. The van der Waals surface area contributed by atoms with Crippen molar-refractivity contribution < 1.29 is 23.4 Å². The summed E-state index contributed by atoms with van der Waals surface area (Å²) >= 11 is 0. The van der Waals surface area contributed by atoms with E-state index in [9.17, 15) is 18.7 Å². The van der Waals surface area contributed by atoms with Gasteiger partial charge < -0.3 is 20.1 Å². The summed E-state index contributed by atoms with van der Waals surface area (Å²) in [4.78, 5) is 14.4. The highest BCUT2D eigenvalue weighted by molar-refractivity contribution is 6.10. The Morgan fingerprint density at radius 1 is 1.17 bits per heavy atom. The summed E-state index contributed by atoms with van der Waals surface area (Å²) in [5.41, 5.74) is -0.829. The number of anilines is 2. The average molecular weight is 485 g/mol. The van der Waals surface area contributed by atoms with Gasteiger partial charge in [0.05, 0.1) is 17.4 Å². The number of nitrogens with one attached hydrogen (secondary N) is 1. The number of carbonyl (C=O) groups excluding carboxylic acids is 1. The third-order valence-corrected chi connectivity index (χ3v) is 6.95. The van der Waals surface area contributed by atoms with Gasteiger partial charge in [-0.25, -0.2) is 0 Å². The number of aliphatic hydroxyl groups is 1. The number of halogens is 2. The van der Waals surface area contributed by atoms with Gasteiger partial charge >= 0.3 is 5.92 Å². The standard InChI is InChI=1S/C26H30F2N4O3/c1-14(16-9-8-10-17(11-16)26(27,28)24(3,4)34)29-22-19-13-21-20(12-18(19)15(2)30-31-22)25(5,35-7)23(33)32(21)6/h8-14,34H,1-7H3,(H,29,31)/t14-,25?/m1/s1. The number of aromatic nitrogens is 2. The van der Waals surface area contributed by atoms with E-state index in [0.717, 1.165) is 30.2 Å². The van der Waals surface area contributed by atoms with Crippen LogP contribution in [0.25, 0.3) is 10.8 Å². The summed E-state index contributed by atoms with van der Waals surface area (Å²) < 4.78 is 35.1. The molecule has 2 atom stereocenters. The lowest BCUT2D eigenvalue weighted by molar-refractivity contribution is -0.168. The van der Waals surface area contributed by atoms with E-state index >= 15 is 0 Å². The van der Waals surface area contributed by atoms with E-state index in [1.165, 1.54) is 19.2 Å². The number of benzene rings is 2. The van der Waals surface area contributed by atoms with E-state index < -0.39 is 23.2 Å². The van der Waals surface area contributed by atoms with Gasteiger partial charge in [0.2, 0.25) is 0 Å². The van der Waals surface area contributed by atoms with E-state index in [1.54, 1.807) is 31.0 Å². The van der Waals surface area contributed by atoms with Crippen molar-refractivity contribution in [2.45, 2.75) is 57.8 Å². The summed E-state index contributed by atoms with van der Waals surface area (Å²) in [5, 5.41) is 23.4. The number of rotatable bonds is 6. The van der Waals surface area contributed by atoms with Gasteiger partial charge in [-0.1, -0.05) is 18.2 Å². The van der Waals surface area contributed by atoms with Crippen LogP contribution in [0.15, 0.2) is 36.4 Å². The molecule has 1 unspecified atom stereocenters. The molecule has 1 amide bonds. The SMILES string of the molecule is COC1(C)C(=O)N(C)c2cc3c(N[C@H](C)c4cccc(C(F)(F)C(C)(C)O)c4)nnc(C)c3cc21. The molecule has 7 nitrogen and oxygen atoms in total. The van der Waals surface area contributed by atoms with E-state index in [2.05, 4.69) is 15.5 Å². The molecule has 0 radical (unpaired) electrons. The molecule has 1 aliphatic rings. The number of nitrogens with zero attached hydrogens (tertiary/aromatic N) is 3. The highest BCUT2D eigenvalue weighted by Crippen LogP contribution is 2.45. The molecule has 1 aromatic heterocycles. The molecule has 2 heterocycles. The van der Waals surface area contributed by atoms with Crippen molar-refractivity contribution in [1.29, 1.82) is 0 Å². The summed E-state index contributed by atoms with van der Waals surface area (Å²) in [6, 6.07) is 9.35. The Bertz CT molecular complexity index is 1320.